The molecule has 2 amide bonds. The fourth-order valence-corrected chi connectivity index (χ4v) is 7.92. The fourth-order valence-electron chi connectivity index (χ4n) is 7.92. The number of hydrogen-bond donors (Lipinski definition) is 3. The number of fused-ring (bicyclic) bond motifs is 1. The lowest BCUT2D eigenvalue weighted by Crippen LogP contribution is -2.54. The van der Waals surface area contributed by atoms with Crippen molar-refractivity contribution in [1.82, 2.24) is 30.2 Å². The number of carbonyl (C=O) groups excluding carboxylic acids is 2. The van der Waals surface area contributed by atoms with Crippen LogP contribution in [0.25, 0.3) is 22.4 Å². The molecule has 1 atom stereocenters. The number of hydrogen-bond acceptors (Lipinski definition) is 11. The second kappa shape index (κ2) is 13.0. The first-order valence-electron chi connectivity index (χ1n) is 17.2. The third-order valence-corrected chi connectivity index (χ3v) is 10.6. The Morgan fingerprint density at radius 2 is 1.63 bits per heavy atom. The number of ether oxygens (including phenoxy) is 1. The van der Waals surface area contributed by atoms with E-state index < -0.39 is 0 Å². The largest absolute Gasteiger partial charge is 0.507 e. The molecular weight excluding hydrogens is 622 g/mol. The molecule has 3 fully saturated rings. The standard InChI is InChI=1S/C36H41N9O4/c37-35-27(20-28(40-41-35)26-4-1-2-7-32(26)46)23-21-38-45(22-23)25-12-14-42(15-13-25)24-10-16-43(17-11-24)29-5-3-6-30-34(29)49-19-18-44(30)31-8-9-33(47)39-36(31)48/h1-7,20-22,24-25,31,46H,8-19H2,(H2,37,41)(H,39,47,48). The summed E-state index contributed by atoms with van der Waals surface area (Å²) in [7, 11) is 0. The summed E-state index contributed by atoms with van der Waals surface area (Å²) >= 11 is 0. The minimum absolute atomic E-state index is 0.145. The maximum absolute atomic E-state index is 12.7. The lowest BCUT2D eigenvalue weighted by atomic mass is 9.97. The van der Waals surface area contributed by atoms with Crippen LogP contribution in [-0.2, 0) is 9.59 Å². The first-order valence-corrected chi connectivity index (χ1v) is 17.2. The van der Waals surface area contributed by atoms with E-state index in [2.05, 4.69) is 41.0 Å². The fraction of sp³-hybridized carbons (Fsp3) is 0.417. The third-order valence-electron chi connectivity index (χ3n) is 10.6. The molecule has 4 N–H and O–H groups in total. The summed E-state index contributed by atoms with van der Waals surface area (Å²) in [6, 6.07) is 15.6. The Bertz CT molecular complexity index is 1860. The summed E-state index contributed by atoms with van der Waals surface area (Å²) in [6.07, 6.45) is 8.95. The maximum Gasteiger partial charge on any atom is 0.249 e. The van der Waals surface area contributed by atoms with Gasteiger partial charge in [0.15, 0.2) is 11.6 Å². The number of para-hydroxylation sites is 2. The van der Waals surface area contributed by atoms with E-state index in [-0.39, 0.29) is 23.6 Å². The Morgan fingerprint density at radius 1 is 0.857 bits per heavy atom. The van der Waals surface area contributed by atoms with Crippen molar-refractivity contribution in [3.8, 4) is 33.9 Å². The highest BCUT2D eigenvalue weighted by Crippen LogP contribution is 2.43. The Labute approximate surface area is 284 Å². The van der Waals surface area contributed by atoms with Gasteiger partial charge in [-0.2, -0.15) is 5.10 Å². The molecule has 4 aliphatic rings. The number of amides is 2. The summed E-state index contributed by atoms with van der Waals surface area (Å²) < 4.78 is 8.29. The molecule has 1 unspecified atom stereocenters. The van der Waals surface area contributed by atoms with E-state index in [4.69, 9.17) is 15.6 Å². The van der Waals surface area contributed by atoms with E-state index in [1.165, 1.54) is 0 Å². The number of nitrogens with zero attached hydrogens (tertiary/aromatic N) is 7. The number of aromatic hydroxyl groups is 1. The van der Waals surface area contributed by atoms with Crippen LogP contribution in [0.1, 0.15) is 44.6 Å². The topological polar surface area (TPSA) is 155 Å². The number of aromatic nitrogens is 4. The van der Waals surface area contributed by atoms with Gasteiger partial charge in [-0.3, -0.25) is 19.6 Å². The van der Waals surface area contributed by atoms with Crippen LogP contribution >= 0.6 is 0 Å². The summed E-state index contributed by atoms with van der Waals surface area (Å²) in [5.41, 5.74) is 11.0. The Kier molecular flexibility index (Phi) is 8.28. The van der Waals surface area contributed by atoms with Crippen molar-refractivity contribution >= 4 is 29.0 Å². The zero-order chi connectivity index (χ0) is 33.5. The number of nitrogens with one attached hydrogen (secondary N) is 1. The van der Waals surface area contributed by atoms with Crippen molar-refractivity contribution in [2.75, 3.05) is 54.9 Å². The van der Waals surface area contributed by atoms with Crippen molar-refractivity contribution in [2.45, 2.75) is 56.7 Å². The number of phenolic OH excluding ortho intramolecular Hbond substituents is 1. The number of nitrogen functional groups attached to an aromatic ring is 1. The van der Waals surface area contributed by atoms with E-state index in [1.54, 1.807) is 12.1 Å². The van der Waals surface area contributed by atoms with E-state index >= 15 is 0 Å². The molecule has 13 heteroatoms. The molecule has 4 aliphatic heterocycles. The predicted octanol–water partition coefficient (Wildman–Crippen LogP) is 3.60. The zero-order valence-electron chi connectivity index (χ0n) is 27.4. The number of benzene rings is 2. The molecule has 0 spiro atoms. The second-order valence-electron chi connectivity index (χ2n) is 13.4. The van der Waals surface area contributed by atoms with Crippen LogP contribution in [0.15, 0.2) is 60.9 Å². The van der Waals surface area contributed by atoms with Gasteiger partial charge in [0.2, 0.25) is 11.8 Å². The molecule has 6 heterocycles. The third kappa shape index (κ3) is 6.03. The van der Waals surface area contributed by atoms with Gasteiger partial charge in [-0.15, -0.1) is 10.2 Å². The Morgan fingerprint density at radius 3 is 2.43 bits per heavy atom. The minimum Gasteiger partial charge on any atom is -0.507 e. The molecule has 13 nitrogen and oxygen atoms in total. The first-order chi connectivity index (χ1) is 23.9. The molecule has 49 heavy (non-hydrogen) atoms. The lowest BCUT2D eigenvalue weighted by molar-refractivity contribution is -0.134. The average molecular weight is 664 g/mol. The van der Waals surface area contributed by atoms with Crippen LogP contribution < -0.4 is 25.6 Å². The smallest absolute Gasteiger partial charge is 0.249 e. The van der Waals surface area contributed by atoms with Crippen LogP contribution in [0, 0.1) is 0 Å². The van der Waals surface area contributed by atoms with E-state index in [9.17, 15) is 14.7 Å². The van der Waals surface area contributed by atoms with E-state index in [1.807, 2.05) is 42.7 Å². The number of imide groups is 1. The van der Waals surface area contributed by atoms with Crippen molar-refractivity contribution in [3.63, 3.8) is 0 Å². The molecule has 0 radical (unpaired) electrons. The van der Waals surface area contributed by atoms with Gasteiger partial charge in [-0.1, -0.05) is 18.2 Å². The highest BCUT2D eigenvalue weighted by Gasteiger charge is 2.36. The van der Waals surface area contributed by atoms with Gasteiger partial charge in [0.05, 0.1) is 35.9 Å². The SMILES string of the molecule is Nc1nnc(-c2ccccc2O)cc1-c1cnn(C2CCN(C3CCN(c4cccc5c4OCCN5C4CCC(=O)NC4=O)CC3)CC2)c1. The number of likely N-dealkylation sites (tertiary alicyclic amines) is 1. The quantitative estimate of drug-likeness (QED) is 0.259. The molecular formula is C36H41N9O4. The number of carbonyl (C=O) groups is 2. The number of nitrogens with two attached hydrogens (primary N) is 1. The van der Waals surface area contributed by atoms with Crippen molar-refractivity contribution in [1.29, 1.82) is 0 Å². The Hall–Kier alpha value is -5.17. The van der Waals surface area contributed by atoms with Crippen LogP contribution in [0.4, 0.5) is 17.2 Å². The van der Waals surface area contributed by atoms with Gasteiger partial charge >= 0.3 is 0 Å². The lowest BCUT2D eigenvalue weighted by Gasteiger charge is -2.43. The number of phenols is 1. The van der Waals surface area contributed by atoms with E-state index in [0.29, 0.717) is 55.2 Å². The molecule has 3 saturated heterocycles. The Balaban J connectivity index is 0.884. The van der Waals surface area contributed by atoms with Gasteiger partial charge in [-0.25, -0.2) is 0 Å². The molecule has 2 aromatic carbocycles. The highest BCUT2D eigenvalue weighted by molar-refractivity contribution is 6.02. The molecule has 2 aromatic heterocycles. The van der Waals surface area contributed by atoms with Crippen molar-refractivity contribution < 1.29 is 19.4 Å². The number of rotatable bonds is 6. The van der Waals surface area contributed by atoms with Crippen LogP contribution in [0.5, 0.6) is 11.5 Å². The summed E-state index contributed by atoms with van der Waals surface area (Å²) in [5, 5.41) is 25.9. The predicted molar refractivity (Wildman–Crippen MR) is 185 cm³/mol. The molecule has 0 saturated carbocycles. The van der Waals surface area contributed by atoms with Gasteiger partial charge < -0.3 is 30.3 Å². The summed E-state index contributed by atoms with van der Waals surface area (Å²) in [6.45, 7) is 5.05. The molecule has 8 rings (SSSR count). The van der Waals surface area contributed by atoms with E-state index in [0.717, 1.165) is 80.1 Å². The van der Waals surface area contributed by atoms with Crippen LogP contribution in [0.3, 0.4) is 0 Å². The van der Waals surface area contributed by atoms with Gasteiger partial charge in [0.1, 0.15) is 18.4 Å². The molecule has 4 aromatic rings. The molecule has 0 bridgehead atoms. The second-order valence-corrected chi connectivity index (χ2v) is 13.4. The van der Waals surface area contributed by atoms with Crippen LogP contribution in [-0.4, -0.2) is 93.2 Å². The number of anilines is 3. The normalized spacial score (nSPS) is 20.9. The van der Waals surface area contributed by atoms with Gasteiger partial charge in [0, 0.05) is 61.5 Å². The first kappa shape index (κ1) is 31.1. The zero-order valence-corrected chi connectivity index (χ0v) is 27.4. The summed E-state index contributed by atoms with van der Waals surface area (Å²) in [5.74, 6) is 0.898. The van der Waals surface area contributed by atoms with Crippen molar-refractivity contribution in [2.24, 2.45) is 0 Å². The molecule has 0 aliphatic carbocycles. The minimum atomic E-state index is -0.355. The molecule has 254 valence electrons. The monoisotopic (exact) mass is 663 g/mol. The highest BCUT2D eigenvalue weighted by atomic mass is 16.5. The maximum atomic E-state index is 12.7. The number of piperidine rings is 3. The van der Waals surface area contributed by atoms with Crippen molar-refractivity contribution in [3.05, 3.63) is 60.9 Å². The summed E-state index contributed by atoms with van der Waals surface area (Å²) in [4.78, 5) is 31.6. The van der Waals surface area contributed by atoms with Crippen LogP contribution in [0.2, 0.25) is 0 Å². The average Bonchev–Trinajstić information content (AvgIpc) is 3.62. The van der Waals surface area contributed by atoms with Gasteiger partial charge in [0.25, 0.3) is 0 Å². The van der Waals surface area contributed by atoms with Gasteiger partial charge in [-0.05, 0) is 62.4 Å².